The summed E-state index contributed by atoms with van der Waals surface area (Å²) in [5, 5.41) is 3.64. The summed E-state index contributed by atoms with van der Waals surface area (Å²) in [6, 6.07) is 62.5. The second-order valence-corrected chi connectivity index (χ2v) is 13.6. The summed E-state index contributed by atoms with van der Waals surface area (Å²) in [5.74, 6) is 0.729. The number of benzene rings is 7. The van der Waals surface area contributed by atoms with Gasteiger partial charge in [0, 0.05) is 37.7 Å². The summed E-state index contributed by atoms with van der Waals surface area (Å²) >= 11 is 1.77. The van der Waals surface area contributed by atoms with Gasteiger partial charge in [-0.2, -0.15) is 0 Å². The van der Waals surface area contributed by atoms with Crippen LogP contribution in [0.15, 0.2) is 176 Å². The molecule has 0 spiro atoms. The van der Waals surface area contributed by atoms with Crippen LogP contribution >= 0.6 is 11.3 Å². The predicted molar refractivity (Wildman–Crippen MR) is 211 cm³/mol. The number of nitrogens with zero attached hydrogens (tertiary/aromatic N) is 3. The van der Waals surface area contributed by atoms with Crippen LogP contribution in [-0.2, 0) is 0 Å². The van der Waals surface area contributed by atoms with Crippen LogP contribution in [0.4, 0.5) is 0 Å². The van der Waals surface area contributed by atoms with Gasteiger partial charge < -0.3 is 4.57 Å². The lowest BCUT2D eigenvalue weighted by Crippen LogP contribution is -1.94. The van der Waals surface area contributed by atoms with Crippen LogP contribution in [0.2, 0.25) is 0 Å². The van der Waals surface area contributed by atoms with E-state index in [9.17, 15) is 0 Å². The van der Waals surface area contributed by atoms with E-state index in [1.54, 1.807) is 11.3 Å². The second-order valence-electron chi connectivity index (χ2n) is 12.6. The van der Waals surface area contributed by atoms with Crippen molar-refractivity contribution in [3.63, 3.8) is 0 Å². The van der Waals surface area contributed by atoms with Crippen molar-refractivity contribution in [1.29, 1.82) is 0 Å². The molecule has 234 valence electrons. The quantitative estimate of drug-likeness (QED) is 0.185. The van der Waals surface area contributed by atoms with E-state index in [4.69, 9.17) is 9.97 Å². The zero-order chi connectivity index (χ0) is 33.0. The molecule has 7 aromatic carbocycles. The number of aromatic nitrogens is 3. The van der Waals surface area contributed by atoms with E-state index in [2.05, 4.69) is 174 Å². The lowest BCUT2D eigenvalue weighted by atomic mass is 9.97. The molecule has 0 aliphatic carbocycles. The third-order valence-corrected chi connectivity index (χ3v) is 10.8. The van der Waals surface area contributed by atoms with Crippen molar-refractivity contribution < 1.29 is 0 Å². The van der Waals surface area contributed by atoms with Gasteiger partial charge in [0.2, 0.25) is 0 Å². The Kier molecular flexibility index (Phi) is 6.68. The molecule has 0 aliphatic rings. The van der Waals surface area contributed by atoms with Gasteiger partial charge in [-0.25, -0.2) is 9.97 Å². The van der Waals surface area contributed by atoms with E-state index in [0.29, 0.717) is 0 Å². The van der Waals surface area contributed by atoms with Crippen molar-refractivity contribution in [3.8, 4) is 50.6 Å². The summed E-state index contributed by atoms with van der Waals surface area (Å²) in [7, 11) is 0. The maximum atomic E-state index is 5.36. The smallest absolute Gasteiger partial charge is 0.160 e. The standard InChI is InChI=1S/C46H29N3S/c1-3-14-30(15-4-1)31-16-11-19-34(28-31)46-47-43(45-44(48-46)38-23-8-10-27-41(38)50-45)33-18-12-17-32(29-33)36-24-13-26-40-42(36)37-22-7-9-25-39(37)49(40)35-20-5-2-6-21-35/h1-29H. The van der Waals surface area contributed by atoms with Crippen LogP contribution < -0.4 is 0 Å². The minimum Gasteiger partial charge on any atom is -0.309 e. The molecule has 50 heavy (non-hydrogen) atoms. The minimum atomic E-state index is 0.729. The predicted octanol–water partition coefficient (Wildman–Crippen LogP) is 12.6. The van der Waals surface area contributed by atoms with Gasteiger partial charge in [-0.1, -0.05) is 133 Å². The number of thiophene rings is 1. The minimum absolute atomic E-state index is 0.729. The lowest BCUT2D eigenvalue weighted by Gasteiger charge is -2.11. The SMILES string of the molecule is c1ccc(-c2cccc(-c3nc(-c4cccc(-c5cccc6c5c5ccccc5n6-c5ccccc5)c4)c4sc5ccccc5c4n3)c2)cc1. The molecule has 4 heteroatoms. The van der Waals surface area contributed by atoms with Crippen LogP contribution in [-0.4, -0.2) is 14.5 Å². The number of para-hydroxylation sites is 2. The molecule has 10 aromatic rings. The Morgan fingerprint density at radius 3 is 1.92 bits per heavy atom. The molecule has 3 aromatic heterocycles. The van der Waals surface area contributed by atoms with Crippen LogP contribution in [0.25, 0.3) is 92.7 Å². The molecular formula is C46H29N3S. The highest BCUT2D eigenvalue weighted by Crippen LogP contribution is 2.42. The topological polar surface area (TPSA) is 30.7 Å². The molecule has 0 fully saturated rings. The van der Waals surface area contributed by atoms with Gasteiger partial charge in [0.15, 0.2) is 5.82 Å². The van der Waals surface area contributed by atoms with Gasteiger partial charge in [-0.05, 0) is 64.7 Å². The highest BCUT2D eigenvalue weighted by atomic mass is 32.1. The summed E-state index contributed by atoms with van der Waals surface area (Å²) in [6.45, 7) is 0. The average Bonchev–Trinajstić information content (AvgIpc) is 3.74. The van der Waals surface area contributed by atoms with Crippen LogP contribution in [0, 0.1) is 0 Å². The number of hydrogen-bond acceptors (Lipinski definition) is 3. The third-order valence-electron chi connectivity index (χ3n) is 9.61. The Morgan fingerprint density at radius 2 is 1.06 bits per heavy atom. The first-order valence-electron chi connectivity index (χ1n) is 16.8. The Bertz CT molecular complexity index is 2870. The summed E-state index contributed by atoms with van der Waals surface area (Å²) in [4.78, 5) is 10.6. The van der Waals surface area contributed by atoms with E-state index < -0.39 is 0 Å². The van der Waals surface area contributed by atoms with E-state index in [1.807, 2.05) is 6.07 Å². The zero-order valence-corrected chi connectivity index (χ0v) is 27.8. The van der Waals surface area contributed by atoms with Crippen molar-refractivity contribution in [1.82, 2.24) is 14.5 Å². The van der Waals surface area contributed by atoms with Crippen LogP contribution in [0.5, 0.6) is 0 Å². The fourth-order valence-corrected chi connectivity index (χ4v) is 8.49. The molecule has 0 atom stereocenters. The molecule has 3 heterocycles. The fourth-order valence-electron chi connectivity index (χ4n) is 7.33. The van der Waals surface area contributed by atoms with Crippen molar-refractivity contribution in [2.75, 3.05) is 0 Å². The molecule has 0 bridgehead atoms. The van der Waals surface area contributed by atoms with Crippen molar-refractivity contribution in [2.24, 2.45) is 0 Å². The van der Waals surface area contributed by atoms with Crippen LogP contribution in [0.3, 0.4) is 0 Å². The van der Waals surface area contributed by atoms with Gasteiger partial charge in [0.1, 0.15) is 0 Å². The van der Waals surface area contributed by atoms with Gasteiger partial charge in [0.05, 0.1) is 26.9 Å². The first-order valence-corrected chi connectivity index (χ1v) is 17.7. The summed E-state index contributed by atoms with van der Waals surface area (Å²) in [6.07, 6.45) is 0. The van der Waals surface area contributed by atoms with E-state index in [1.165, 1.54) is 37.6 Å². The van der Waals surface area contributed by atoms with Crippen molar-refractivity contribution in [2.45, 2.75) is 0 Å². The van der Waals surface area contributed by atoms with Gasteiger partial charge >= 0.3 is 0 Å². The zero-order valence-electron chi connectivity index (χ0n) is 27.0. The highest BCUT2D eigenvalue weighted by molar-refractivity contribution is 7.26. The van der Waals surface area contributed by atoms with Crippen LogP contribution in [0.1, 0.15) is 0 Å². The van der Waals surface area contributed by atoms with E-state index >= 15 is 0 Å². The molecule has 0 aliphatic heterocycles. The molecule has 0 saturated heterocycles. The Balaban J connectivity index is 1.19. The number of fused-ring (bicyclic) bond motifs is 6. The van der Waals surface area contributed by atoms with Gasteiger partial charge in [0.25, 0.3) is 0 Å². The van der Waals surface area contributed by atoms with Crippen molar-refractivity contribution in [3.05, 3.63) is 176 Å². The first-order chi connectivity index (χ1) is 24.8. The maximum absolute atomic E-state index is 5.36. The molecular weight excluding hydrogens is 627 g/mol. The fraction of sp³-hybridized carbons (Fsp3) is 0. The van der Waals surface area contributed by atoms with Crippen molar-refractivity contribution >= 4 is 53.4 Å². The highest BCUT2D eigenvalue weighted by Gasteiger charge is 2.19. The first kappa shape index (κ1) is 28.6. The molecule has 0 N–H and O–H groups in total. The Hall–Kier alpha value is -6.36. The third kappa shape index (κ3) is 4.65. The monoisotopic (exact) mass is 655 g/mol. The Labute approximate surface area is 293 Å². The lowest BCUT2D eigenvalue weighted by molar-refractivity contribution is 1.18. The molecule has 0 saturated carbocycles. The van der Waals surface area contributed by atoms with E-state index in [-0.39, 0.29) is 0 Å². The molecule has 0 unspecified atom stereocenters. The van der Waals surface area contributed by atoms with E-state index in [0.717, 1.165) is 55.1 Å². The molecule has 10 rings (SSSR count). The largest absolute Gasteiger partial charge is 0.309 e. The maximum Gasteiger partial charge on any atom is 0.160 e. The number of hydrogen-bond donors (Lipinski definition) is 0. The van der Waals surface area contributed by atoms with Gasteiger partial charge in [-0.15, -0.1) is 11.3 Å². The summed E-state index contributed by atoms with van der Waals surface area (Å²) in [5.41, 5.74) is 12.2. The Morgan fingerprint density at radius 1 is 0.440 bits per heavy atom. The normalized spacial score (nSPS) is 11.6. The molecule has 3 nitrogen and oxygen atoms in total. The summed E-state index contributed by atoms with van der Waals surface area (Å²) < 4.78 is 4.69. The van der Waals surface area contributed by atoms with Gasteiger partial charge in [-0.3, -0.25) is 0 Å². The second kappa shape index (κ2) is 11.7. The number of rotatable bonds is 5. The molecule has 0 amide bonds. The average molecular weight is 656 g/mol. The molecule has 0 radical (unpaired) electrons.